The summed E-state index contributed by atoms with van der Waals surface area (Å²) in [6, 6.07) is 5.43. The van der Waals surface area contributed by atoms with Gasteiger partial charge in [-0.15, -0.1) is 0 Å². The fourth-order valence-corrected chi connectivity index (χ4v) is 3.14. The Bertz CT molecular complexity index is 885. The molecule has 2 heterocycles. The molecule has 2 aromatic rings. The Morgan fingerprint density at radius 3 is 2.81 bits per heavy atom. The van der Waals surface area contributed by atoms with Gasteiger partial charge in [0.1, 0.15) is 5.82 Å². The highest BCUT2D eigenvalue weighted by molar-refractivity contribution is 5.95. The number of aromatic nitrogens is 2. The third-order valence-electron chi connectivity index (χ3n) is 4.54. The molecule has 26 heavy (non-hydrogen) atoms. The maximum Gasteiger partial charge on any atom is 0.303 e. The zero-order valence-corrected chi connectivity index (χ0v) is 15.0. The maximum atomic E-state index is 13.0. The summed E-state index contributed by atoms with van der Waals surface area (Å²) in [5, 5.41) is 16.3. The molecule has 0 fully saturated rings. The van der Waals surface area contributed by atoms with E-state index in [2.05, 4.69) is 17.0 Å². The van der Waals surface area contributed by atoms with Crippen molar-refractivity contribution in [1.29, 1.82) is 0 Å². The van der Waals surface area contributed by atoms with Crippen molar-refractivity contribution < 1.29 is 14.7 Å². The lowest BCUT2D eigenvalue weighted by Gasteiger charge is -2.21. The van der Waals surface area contributed by atoms with E-state index in [1.807, 2.05) is 26.1 Å². The molecule has 0 radical (unpaired) electrons. The van der Waals surface area contributed by atoms with Crippen LogP contribution in [0.5, 0.6) is 0 Å². The molecule has 1 aliphatic heterocycles. The van der Waals surface area contributed by atoms with E-state index in [0.29, 0.717) is 25.1 Å². The topological polar surface area (TPSA) is 87.5 Å². The highest BCUT2D eigenvalue weighted by Crippen LogP contribution is 2.24. The molecule has 0 atom stereocenters. The average molecular weight is 354 g/mol. The predicted octanol–water partition coefficient (Wildman–Crippen LogP) is 2.33. The SMILES string of the molecule is C=C1CN(C(=O)c2ccc(CCC(=O)O)c(C)c2)Cc2cnn(C)c2N1. The van der Waals surface area contributed by atoms with Gasteiger partial charge in [-0.3, -0.25) is 14.3 Å². The first kappa shape index (κ1) is 17.7. The Morgan fingerprint density at radius 2 is 2.12 bits per heavy atom. The van der Waals surface area contributed by atoms with E-state index in [1.165, 1.54) is 0 Å². The minimum atomic E-state index is -0.826. The van der Waals surface area contributed by atoms with Gasteiger partial charge in [-0.2, -0.15) is 5.10 Å². The molecule has 1 aliphatic rings. The highest BCUT2D eigenvalue weighted by atomic mass is 16.4. The van der Waals surface area contributed by atoms with Gasteiger partial charge in [-0.05, 0) is 36.6 Å². The van der Waals surface area contributed by atoms with E-state index in [0.717, 1.165) is 28.2 Å². The fraction of sp³-hybridized carbons (Fsp3) is 0.316. The molecule has 136 valence electrons. The van der Waals surface area contributed by atoms with Crippen LogP contribution in [0.1, 0.15) is 33.5 Å². The zero-order chi connectivity index (χ0) is 18.8. The minimum absolute atomic E-state index is 0.0789. The second-order valence-corrected chi connectivity index (χ2v) is 6.57. The van der Waals surface area contributed by atoms with E-state index in [1.54, 1.807) is 21.8 Å². The number of hydrogen-bond donors (Lipinski definition) is 2. The van der Waals surface area contributed by atoms with Crippen molar-refractivity contribution in [2.45, 2.75) is 26.3 Å². The number of fused-ring (bicyclic) bond motifs is 1. The van der Waals surface area contributed by atoms with E-state index >= 15 is 0 Å². The lowest BCUT2D eigenvalue weighted by molar-refractivity contribution is -0.136. The first-order chi connectivity index (χ1) is 12.3. The van der Waals surface area contributed by atoms with Crippen LogP contribution in [0.3, 0.4) is 0 Å². The summed E-state index contributed by atoms with van der Waals surface area (Å²) in [5.41, 5.74) is 4.12. The summed E-state index contributed by atoms with van der Waals surface area (Å²) in [4.78, 5) is 25.5. The Labute approximate surface area is 151 Å². The van der Waals surface area contributed by atoms with Crippen LogP contribution < -0.4 is 5.32 Å². The van der Waals surface area contributed by atoms with Crippen LogP contribution in [-0.4, -0.2) is 38.2 Å². The number of carbonyl (C=O) groups is 2. The van der Waals surface area contributed by atoms with Gasteiger partial charge in [0.25, 0.3) is 5.91 Å². The fourth-order valence-electron chi connectivity index (χ4n) is 3.14. The predicted molar refractivity (Wildman–Crippen MR) is 97.8 cm³/mol. The van der Waals surface area contributed by atoms with Crippen LogP contribution in [0, 0.1) is 6.92 Å². The van der Waals surface area contributed by atoms with Gasteiger partial charge in [-0.1, -0.05) is 12.6 Å². The number of rotatable bonds is 4. The number of hydrogen-bond acceptors (Lipinski definition) is 4. The highest BCUT2D eigenvalue weighted by Gasteiger charge is 2.24. The summed E-state index contributed by atoms with van der Waals surface area (Å²) in [5.74, 6) is -0.0598. The number of carboxylic acid groups (broad SMARTS) is 1. The molecule has 0 saturated carbocycles. The Hall–Kier alpha value is -3.09. The van der Waals surface area contributed by atoms with Crippen LogP contribution in [-0.2, 0) is 24.8 Å². The summed E-state index contributed by atoms with van der Waals surface area (Å²) < 4.78 is 1.73. The van der Waals surface area contributed by atoms with Crippen LogP contribution in [0.2, 0.25) is 0 Å². The molecule has 1 amide bonds. The molecule has 0 bridgehead atoms. The van der Waals surface area contributed by atoms with Crippen molar-refractivity contribution in [2.24, 2.45) is 7.05 Å². The van der Waals surface area contributed by atoms with E-state index in [9.17, 15) is 9.59 Å². The second kappa shape index (κ2) is 7.03. The van der Waals surface area contributed by atoms with E-state index in [4.69, 9.17) is 5.11 Å². The molecule has 3 rings (SSSR count). The summed E-state index contributed by atoms with van der Waals surface area (Å²) in [6.45, 7) is 6.75. The van der Waals surface area contributed by atoms with Crippen LogP contribution in [0.15, 0.2) is 36.7 Å². The number of carbonyl (C=O) groups excluding carboxylic acids is 1. The summed E-state index contributed by atoms with van der Waals surface area (Å²) in [7, 11) is 1.84. The third kappa shape index (κ3) is 3.61. The van der Waals surface area contributed by atoms with Crippen LogP contribution in [0.4, 0.5) is 5.82 Å². The van der Waals surface area contributed by atoms with Crippen molar-refractivity contribution in [3.8, 4) is 0 Å². The Morgan fingerprint density at radius 1 is 1.35 bits per heavy atom. The molecular formula is C19H22N4O3. The molecule has 0 aliphatic carbocycles. The number of nitrogens with one attached hydrogen (secondary N) is 1. The number of aryl methyl sites for hydroxylation is 3. The molecule has 1 aromatic heterocycles. The quantitative estimate of drug-likeness (QED) is 0.880. The second-order valence-electron chi connectivity index (χ2n) is 6.57. The van der Waals surface area contributed by atoms with Gasteiger partial charge in [0.05, 0.1) is 19.3 Å². The normalized spacial score (nSPS) is 13.8. The molecule has 2 N–H and O–H groups in total. The molecule has 0 unspecified atom stereocenters. The zero-order valence-electron chi connectivity index (χ0n) is 15.0. The third-order valence-corrected chi connectivity index (χ3v) is 4.54. The van der Waals surface area contributed by atoms with Crippen molar-refractivity contribution in [1.82, 2.24) is 14.7 Å². The number of carboxylic acids is 1. The molecule has 7 nitrogen and oxygen atoms in total. The van der Waals surface area contributed by atoms with Crippen molar-refractivity contribution in [2.75, 3.05) is 11.9 Å². The lowest BCUT2D eigenvalue weighted by atomic mass is 10.0. The van der Waals surface area contributed by atoms with E-state index < -0.39 is 5.97 Å². The maximum absolute atomic E-state index is 13.0. The number of anilines is 1. The molecule has 0 spiro atoms. The standard InChI is InChI=1S/C19H22N4O3/c1-12-8-15(5-4-14(12)6-7-17(24)25)19(26)23-10-13(2)21-18-16(11-23)9-20-22(18)3/h4-5,8-9,21H,2,6-7,10-11H2,1,3H3,(H,24,25). The molecular weight excluding hydrogens is 332 g/mol. The number of nitrogens with zero attached hydrogens (tertiary/aromatic N) is 3. The van der Waals surface area contributed by atoms with Gasteiger partial charge in [0.2, 0.25) is 0 Å². The molecule has 7 heteroatoms. The van der Waals surface area contributed by atoms with Crippen LogP contribution in [0.25, 0.3) is 0 Å². The van der Waals surface area contributed by atoms with Gasteiger partial charge in [0.15, 0.2) is 0 Å². The smallest absolute Gasteiger partial charge is 0.303 e. The first-order valence-corrected chi connectivity index (χ1v) is 8.41. The summed E-state index contributed by atoms with van der Waals surface area (Å²) in [6.07, 6.45) is 2.29. The van der Waals surface area contributed by atoms with Gasteiger partial charge in [-0.25, -0.2) is 0 Å². The number of benzene rings is 1. The average Bonchev–Trinajstić information content (AvgIpc) is 2.83. The van der Waals surface area contributed by atoms with Crippen molar-refractivity contribution in [3.05, 3.63) is 58.9 Å². The van der Waals surface area contributed by atoms with Crippen molar-refractivity contribution in [3.63, 3.8) is 0 Å². The number of amides is 1. The number of aliphatic carboxylic acids is 1. The summed E-state index contributed by atoms with van der Waals surface area (Å²) >= 11 is 0. The van der Waals surface area contributed by atoms with Gasteiger partial charge < -0.3 is 15.3 Å². The lowest BCUT2D eigenvalue weighted by Crippen LogP contribution is -2.31. The minimum Gasteiger partial charge on any atom is -0.481 e. The first-order valence-electron chi connectivity index (χ1n) is 8.41. The Balaban J connectivity index is 1.81. The largest absolute Gasteiger partial charge is 0.481 e. The Kier molecular flexibility index (Phi) is 4.79. The van der Waals surface area contributed by atoms with Gasteiger partial charge in [0, 0.05) is 30.3 Å². The van der Waals surface area contributed by atoms with E-state index in [-0.39, 0.29) is 12.3 Å². The van der Waals surface area contributed by atoms with Gasteiger partial charge >= 0.3 is 5.97 Å². The molecule has 0 saturated heterocycles. The van der Waals surface area contributed by atoms with Crippen molar-refractivity contribution >= 4 is 17.7 Å². The van der Waals surface area contributed by atoms with Crippen LogP contribution >= 0.6 is 0 Å². The molecule has 1 aromatic carbocycles. The monoisotopic (exact) mass is 354 g/mol.